The van der Waals surface area contributed by atoms with Crippen molar-refractivity contribution in [2.24, 2.45) is 11.8 Å². The number of rotatable bonds is 21. The predicted molar refractivity (Wildman–Crippen MR) is 122 cm³/mol. The van der Waals surface area contributed by atoms with Crippen LogP contribution in [0.25, 0.3) is 0 Å². The lowest BCUT2D eigenvalue weighted by Crippen LogP contribution is -2.09. The molecule has 0 aromatic carbocycles. The fourth-order valence-electron chi connectivity index (χ4n) is 4.45. The second-order valence-corrected chi connectivity index (χ2v) is 8.98. The molecule has 0 aliphatic carbocycles. The minimum atomic E-state index is 1.01. The zero-order valence-electron chi connectivity index (χ0n) is 19.3. The third-order valence-electron chi connectivity index (χ3n) is 6.39. The topological polar surface area (TPSA) is 0 Å². The van der Waals surface area contributed by atoms with E-state index in [0.29, 0.717) is 0 Å². The zero-order chi connectivity index (χ0) is 19.3. The Balaban J connectivity index is 4.12. The highest BCUT2D eigenvalue weighted by Gasteiger charge is 2.15. The van der Waals surface area contributed by atoms with Crippen molar-refractivity contribution >= 4 is 0 Å². The predicted octanol–water partition coefficient (Wildman–Crippen LogP) is 10.1. The molecule has 0 nitrogen and oxygen atoms in total. The molecule has 0 aromatic heterocycles. The van der Waals surface area contributed by atoms with Gasteiger partial charge in [0.2, 0.25) is 0 Å². The van der Waals surface area contributed by atoms with Crippen LogP contribution < -0.4 is 0 Å². The van der Waals surface area contributed by atoms with Gasteiger partial charge in [0.15, 0.2) is 0 Å². The molecule has 0 saturated carbocycles. The SMILES string of the molecule is CCCCCCCC(CC)CC(CCCCCCC)CCCCCCC. The zero-order valence-corrected chi connectivity index (χ0v) is 19.3. The molecule has 0 amide bonds. The van der Waals surface area contributed by atoms with E-state index in [-0.39, 0.29) is 0 Å². The average Bonchev–Trinajstić information content (AvgIpc) is 2.66. The highest BCUT2D eigenvalue weighted by molar-refractivity contribution is 4.67. The molecule has 0 N–H and O–H groups in total. The van der Waals surface area contributed by atoms with Gasteiger partial charge in [-0.3, -0.25) is 0 Å². The molecule has 0 rings (SSSR count). The Morgan fingerprint density at radius 1 is 0.385 bits per heavy atom. The first-order valence-electron chi connectivity index (χ1n) is 12.8. The van der Waals surface area contributed by atoms with E-state index in [2.05, 4.69) is 27.7 Å². The highest BCUT2D eigenvalue weighted by Crippen LogP contribution is 2.29. The molecule has 0 radical (unpaired) electrons. The van der Waals surface area contributed by atoms with Crippen LogP contribution in [-0.2, 0) is 0 Å². The molecule has 0 bridgehead atoms. The van der Waals surface area contributed by atoms with Crippen molar-refractivity contribution in [3.05, 3.63) is 0 Å². The summed E-state index contributed by atoms with van der Waals surface area (Å²) in [4.78, 5) is 0. The van der Waals surface area contributed by atoms with Gasteiger partial charge in [0.05, 0.1) is 0 Å². The summed E-state index contributed by atoms with van der Waals surface area (Å²) in [5.41, 5.74) is 0. The maximum atomic E-state index is 2.44. The van der Waals surface area contributed by atoms with E-state index < -0.39 is 0 Å². The van der Waals surface area contributed by atoms with Crippen LogP contribution in [-0.4, -0.2) is 0 Å². The minimum Gasteiger partial charge on any atom is -0.0654 e. The second-order valence-electron chi connectivity index (χ2n) is 8.98. The van der Waals surface area contributed by atoms with Gasteiger partial charge < -0.3 is 0 Å². The van der Waals surface area contributed by atoms with Crippen LogP contribution in [0.1, 0.15) is 156 Å². The van der Waals surface area contributed by atoms with Crippen molar-refractivity contribution in [2.45, 2.75) is 156 Å². The first-order valence-corrected chi connectivity index (χ1v) is 12.8. The van der Waals surface area contributed by atoms with E-state index in [1.54, 1.807) is 0 Å². The average molecular weight is 367 g/mol. The maximum absolute atomic E-state index is 2.44. The summed E-state index contributed by atoms with van der Waals surface area (Å²) >= 11 is 0. The second kappa shape index (κ2) is 21.3. The van der Waals surface area contributed by atoms with Gasteiger partial charge >= 0.3 is 0 Å². The highest BCUT2D eigenvalue weighted by atomic mass is 14.2. The van der Waals surface area contributed by atoms with Crippen molar-refractivity contribution in [3.8, 4) is 0 Å². The van der Waals surface area contributed by atoms with Crippen molar-refractivity contribution < 1.29 is 0 Å². The molecule has 0 aliphatic heterocycles. The monoisotopic (exact) mass is 366 g/mol. The van der Waals surface area contributed by atoms with Crippen LogP contribution in [0.2, 0.25) is 0 Å². The molecule has 1 atom stereocenters. The smallest absolute Gasteiger partial charge is 0.0412 e. The summed E-state index contributed by atoms with van der Waals surface area (Å²) in [5.74, 6) is 2.03. The fourth-order valence-corrected chi connectivity index (χ4v) is 4.45. The summed E-state index contributed by atoms with van der Waals surface area (Å²) < 4.78 is 0. The molecule has 0 heteroatoms. The first kappa shape index (κ1) is 26.0. The normalized spacial score (nSPS) is 12.8. The Morgan fingerprint density at radius 3 is 1.08 bits per heavy atom. The molecule has 0 saturated heterocycles. The van der Waals surface area contributed by atoms with Gasteiger partial charge in [-0.1, -0.05) is 150 Å². The Labute approximate surface area is 168 Å². The lowest BCUT2D eigenvalue weighted by Gasteiger charge is -2.23. The third-order valence-corrected chi connectivity index (χ3v) is 6.39. The van der Waals surface area contributed by atoms with Crippen molar-refractivity contribution in [3.63, 3.8) is 0 Å². The Bertz CT molecular complexity index is 230. The lowest BCUT2D eigenvalue weighted by molar-refractivity contribution is 0.293. The molecular weight excluding hydrogens is 312 g/mol. The summed E-state index contributed by atoms with van der Waals surface area (Å²) in [6.07, 6.45) is 29.2. The molecule has 1 unspecified atom stereocenters. The molecule has 0 heterocycles. The van der Waals surface area contributed by atoms with Crippen LogP contribution in [0.3, 0.4) is 0 Å². The summed E-state index contributed by atoms with van der Waals surface area (Å²) in [7, 11) is 0. The van der Waals surface area contributed by atoms with Gasteiger partial charge in [-0.15, -0.1) is 0 Å². The lowest BCUT2D eigenvalue weighted by atomic mass is 9.83. The fraction of sp³-hybridized carbons (Fsp3) is 1.00. The van der Waals surface area contributed by atoms with Crippen molar-refractivity contribution in [1.29, 1.82) is 0 Å². The molecule has 26 heavy (non-hydrogen) atoms. The Hall–Kier alpha value is 0. The Kier molecular flexibility index (Phi) is 21.3. The summed E-state index contributed by atoms with van der Waals surface area (Å²) in [6, 6.07) is 0. The van der Waals surface area contributed by atoms with E-state index in [1.165, 1.54) is 128 Å². The molecule has 0 aromatic rings. The summed E-state index contributed by atoms with van der Waals surface area (Å²) in [6.45, 7) is 9.41. The van der Waals surface area contributed by atoms with Crippen molar-refractivity contribution in [2.75, 3.05) is 0 Å². The van der Waals surface area contributed by atoms with Gasteiger partial charge in [-0.05, 0) is 18.3 Å². The van der Waals surface area contributed by atoms with Gasteiger partial charge in [-0.25, -0.2) is 0 Å². The number of unbranched alkanes of at least 4 members (excludes halogenated alkanes) is 12. The standard InChI is InChI=1S/C26H54/c1-5-9-12-15-18-21-25(8-4)24-26(22-19-16-13-10-6-2)23-20-17-14-11-7-3/h25-26H,5-24H2,1-4H3. The van der Waals surface area contributed by atoms with Crippen LogP contribution in [0.5, 0.6) is 0 Å². The molecule has 0 aliphatic rings. The van der Waals surface area contributed by atoms with Crippen LogP contribution in [0.15, 0.2) is 0 Å². The first-order chi connectivity index (χ1) is 12.8. The van der Waals surface area contributed by atoms with Gasteiger partial charge in [0, 0.05) is 0 Å². The molecule has 0 spiro atoms. The number of hydrogen-bond acceptors (Lipinski definition) is 0. The molecule has 0 fully saturated rings. The summed E-state index contributed by atoms with van der Waals surface area (Å²) in [5, 5.41) is 0. The number of hydrogen-bond donors (Lipinski definition) is 0. The van der Waals surface area contributed by atoms with Gasteiger partial charge in [0.25, 0.3) is 0 Å². The van der Waals surface area contributed by atoms with E-state index >= 15 is 0 Å². The van der Waals surface area contributed by atoms with Crippen molar-refractivity contribution in [1.82, 2.24) is 0 Å². The molecule has 158 valence electrons. The van der Waals surface area contributed by atoms with E-state index in [9.17, 15) is 0 Å². The molecular formula is C26H54. The quantitative estimate of drug-likeness (QED) is 0.177. The van der Waals surface area contributed by atoms with Crippen LogP contribution >= 0.6 is 0 Å². The minimum absolute atomic E-state index is 1.01. The van der Waals surface area contributed by atoms with E-state index in [0.717, 1.165) is 11.8 Å². The van der Waals surface area contributed by atoms with E-state index in [4.69, 9.17) is 0 Å². The Morgan fingerprint density at radius 2 is 0.731 bits per heavy atom. The van der Waals surface area contributed by atoms with E-state index in [1.807, 2.05) is 0 Å². The largest absolute Gasteiger partial charge is 0.0654 e. The van der Waals surface area contributed by atoms with Crippen LogP contribution in [0, 0.1) is 11.8 Å². The van der Waals surface area contributed by atoms with Gasteiger partial charge in [0.1, 0.15) is 0 Å². The third kappa shape index (κ3) is 17.4. The van der Waals surface area contributed by atoms with Gasteiger partial charge in [-0.2, -0.15) is 0 Å². The maximum Gasteiger partial charge on any atom is -0.0412 e. The van der Waals surface area contributed by atoms with Crippen LogP contribution in [0.4, 0.5) is 0 Å².